The number of halogens is 1. The van der Waals surface area contributed by atoms with Crippen molar-refractivity contribution in [2.45, 2.75) is 19.4 Å². The summed E-state index contributed by atoms with van der Waals surface area (Å²) in [4.78, 5) is 0. The first kappa shape index (κ1) is 12.3. The average Bonchev–Trinajstić information content (AvgIpc) is 2.85. The van der Waals surface area contributed by atoms with E-state index >= 15 is 0 Å². The zero-order valence-electron chi connectivity index (χ0n) is 9.82. The molecular formula is C14H16FNS. The molecule has 1 aromatic carbocycles. The van der Waals surface area contributed by atoms with Gasteiger partial charge in [0.05, 0.1) is 0 Å². The van der Waals surface area contributed by atoms with Crippen LogP contribution in [-0.2, 0) is 6.42 Å². The summed E-state index contributed by atoms with van der Waals surface area (Å²) in [7, 11) is 0. The van der Waals surface area contributed by atoms with Gasteiger partial charge in [0.25, 0.3) is 0 Å². The summed E-state index contributed by atoms with van der Waals surface area (Å²) in [5, 5.41) is 7.71. The molecule has 2 aromatic rings. The fourth-order valence-corrected chi connectivity index (χ4v) is 2.48. The Bertz CT molecular complexity index is 436. The van der Waals surface area contributed by atoms with E-state index in [1.165, 1.54) is 17.7 Å². The van der Waals surface area contributed by atoms with Crippen LogP contribution in [0.25, 0.3) is 0 Å². The molecule has 1 atom stereocenters. The third-order valence-corrected chi connectivity index (χ3v) is 3.52. The van der Waals surface area contributed by atoms with Crippen LogP contribution in [0, 0.1) is 5.82 Å². The highest BCUT2D eigenvalue weighted by Gasteiger charge is 2.04. The van der Waals surface area contributed by atoms with Crippen molar-refractivity contribution in [3.63, 3.8) is 0 Å². The van der Waals surface area contributed by atoms with E-state index in [9.17, 15) is 4.39 Å². The van der Waals surface area contributed by atoms with Crippen molar-refractivity contribution < 1.29 is 4.39 Å². The Morgan fingerprint density at radius 2 is 2.00 bits per heavy atom. The number of rotatable bonds is 5. The second-order valence-electron chi connectivity index (χ2n) is 4.11. The molecule has 17 heavy (non-hydrogen) atoms. The highest BCUT2D eigenvalue weighted by Crippen LogP contribution is 2.15. The minimum atomic E-state index is -0.173. The van der Waals surface area contributed by atoms with Gasteiger partial charge in [0, 0.05) is 6.04 Å². The van der Waals surface area contributed by atoms with E-state index in [0.717, 1.165) is 18.5 Å². The summed E-state index contributed by atoms with van der Waals surface area (Å²) >= 11 is 1.72. The van der Waals surface area contributed by atoms with Gasteiger partial charge in [0.1, 0.15) is 5.82 Å². The lowest BCUT2D eigenvalue weighted by Gasteiger charge is -2.12. The Morgan fingerprint density at radius 3 is 2.65 bits per heavy atom. The van der Waals surface area contributed by atoms with Gasteiger partial charge in [0.15, 0.2) is 0 Å². The van der Waals surface area contributed by atoms with Gasteiger partial charge in [-0.1, -0.05) is 12.1 Å². The molecule has 1 nitrogen and oxygen atoms in total. The summed E-state index contributed by atoms with van der Waals surface area (Å²) < 4.78 is 12.7. The molecule has 1 heterocycles. The summed E-state index contributed by atoms with van der Waals surface area (Å²) in [5.74, 6) is -0.173. The topological polar surface area (TPSA) is 12.0 Å². The first-order chi connectivity index (χ1) is 8.25. The van der Waals surface area contributed by atoms with Gasteiger partial charge in [-0.3, -0.25) is 0 Å². The van der Waals surface area contributed by atoms with Gasteiger partial charge < -0.3 is 5.32 Å². The van der Waals surface area contributed by atoms with Crippen LogP contribution >= 0.6 is 11.3 Å². The van der Waals surface area contributed by atoms with E-state index in [4.69, 9.17) is 0 Å². The van der Waals surface area contributed by atoms with Crippen LogP contribution in [0.15, 0.2) is 41.1 Å². The van der Waals surface area contributed by atoms with E-state index in [1.807, 2.05) is 12.1 Å². The molecule has 0 spiro atoms. The smallest absolute Gasteiger partial charge is 0.123 e. The number of benzene rings is 1. The van der Waals surface area contributed by atoms with Gasteiger partial charge in [-0.15, -0.1) is 0 Å². The Hall–Kier alpha value is -1.19. The van der Waals surface area contributed by atoms with E-state index in [0.29, 0.717) is 6.04 Å². The Labute approximate surface area is 105 Å². The van der Waals surface area contributed by atoms with E-state index in [2.05, 4.69) is 29.1 Å². The van der Waals surface area contributed by atoms with Crippen LogP contribution in [0.4, 0.5) is 4.39 Å². The maximum absolute atomic E-state index is 12.7. The predicted octanol–water partition coefficient (Wildman–Crippen LogP) is 3.78. The predicted molar refractivity (Wildman–Crippen MR) is 70.8 cm³/mol. The minimum absolute atomic E-state index is 0.173. The van der Waals surface area contributed by atoms with Gasteiger partial charge in [0.2, 0.25) is 0 Å². The quantitative estimate of drug-likeness (QED) is 0.850. The highest BCUT2D eigenvalue weighted by atomic mass is 32.1. The zero-order valence-corrected chi connectivity index (χ0v) is 10.6. The molecule has 0 saturated carbocycles. The van der Waals surface area contributed by atoms with Gasteiger partial charge in [-0.05, 0) is 60.0 Å². The molecule has 0 radical (unpaired) electrons. The Morgan fingerprint density at radius 1 is 1.24 bits per heavy atom. The lowest BCUT2D eigenvalue weighted by atomic mass is 10.1. The van der Waals surface area contributed by atoms with Crippen LogP contribution < -0.4 is 5.32 Å². The molecule has 2 rings (SSSR count). The molecule has 1 N–H and O–H groups in total. The van der Waals surface area contributed by atoms with Gasteiger partial charge in [-0.25, -0.2) is 4.39 Å². The largest absolute Gasteiger partial charge is 0.310 e. The fraction of sp³-hybridized carbons (Fsp3) is 0.286. The van der Waals surface area contributed by atoms with E-state index in [-0.39, 0.29) is 5.82 Å². The first-order valence-corrected chi connectivity index (χ1v) is 6.70. The molecule has 0 bridgehead atoms. The van der Waals surface area contributed by atoms with Crippen LogP contribution in [0.1, 0.15) is 24.1 Å². The molecule has 3 heteroatoms. The van der Waals surface area contributed by atoms with Crippen molar-refractivity contribution in [2.75, 3.05) is 6.54 Å². The molecule has 1 aromatic heterocycles. The lowest BCUT2D eigenvalue weighted by molar-refractivity contribution is 0.577. The molecular weight excluding hydrogens is 233 g/mol. The number of thiophene rings is 1. The zero-order chi connectivity index (χ0) is 12.1. The highest BCUT2D eigenvalue weighted by molar-refractivity contribution is 7.07. The molecule has 0 aliphatic carbocycles. The van der Waals surface area contributed by atoms with Crippen LogP contribution in [0.5, 0.6) is 0 Å². The van der Waals surface area contributed by atoms with Crippen LogP contribution in [0.3, 0.4) is 0 Å². The lowest BCUT2D eigenvalue weighted by Crippen LogP contribution is -2.20. The third-order valence-electron chi connectivity index (χ3n) is 2.82. The van der Waals surface area contributed by atoms with Crippen LogP contribution in [-0.4, -0.2) is 6.54 Å². The maximum atomic E-state index is 12.7. The summed E-state index contributed by atoms with van der Waals surface area (Å²) in [6.07, 6.45) is 0.925. The fourth-order valence-electron chi connectivity index (χ4n) is 1.72. The summed E-state index contributed by atoms with van der Waals surface area (Å²) in [6.45, 7) is 3.06. The van der Waals surface area contributed by atoms with E-state index in [1.54, 1.807) is 11.3 Å². The van der Waals surface area contributed by atoms with Gasteiger partial charge in [-0.2, -0.15) is 11.3 Å². The molecule has 0 amide bonds. The van der Waals surface area contributed by atoms with Crippen molar-refractivity contribution in [3.05, 3.63) is 58.0 Å². The summed E-state index contributed by atoms with van der Waals surface area (Å²) in [5.41, 5.74) is 2.49. The van der Waals surface area contributed by atoms with Crippen LogP contribution in [0.2, 0.25) is 0 Å². The van der Waals surface area contributed by atoms with Gasteiger partial charge >= 0.3 is 0 Å². The molecule has 0 aliphatic heterocycles. The second-order valence-corrected chi connectivity index (χ2v) is 4.89. The normalized spacial score (nSPS) is 12.6. The number of nitrogens with one attached hydrogen (secondary N) is 1. The molecule has 0 aliphatic rings. The molecule has 0 fully saturated rings. The second kappa shape index (κ2) is 5.94. The number of hydrogen-bond donors (Lipinski definition) is 1. The van der Waals surface area contributed by atoms with Crippen molar-refractivity contribution in [1.82, 2.24) is 5.32 Å². The monoisotopic (exact) mass is 249 g/mol. The molecule has 0 saturated heterocycles. The minimum Gasteiger partial charge on any atom is -0.310 e. The first-order valence-electron chi connectivity index (χ1n) is 5.75. The third kappa shape index (κ3) is 3.65. The SMILES string of the molecule is CC(NCCc1ccc(F)cc1)c1ccsc1. The Balaban J connectivity index is 1.78. The molecule has 90 valence electrons. The van der Waals surface area contributed by atoms with E-state index < -0.39 is 0 Å². The average molecular weight is 249 g/mol. The number of hydrogen-bond acceptors (Lipinski definition) is 2. The molecule has 1 unspecified atom stereocenters. The summed E-state index contributed by atoms with van der Waals surface area (Å²) in [6, 6.07) is 9.22. The Kier molecular flexibility index (Phi) is 4.29. The van der Waals surface area contributed by atoms with Crippen molar-refractivity contribution >= 4 is 11.3 Å². The van der Waals surface area contributed by atoms with Crippen molar-refractivity contribution in [2.24, 2.45) is 0 Å². The standard InChI is InChI=1S/C14H16FNS/c1-11(13-7-9-17-10-13)16-8-6-12-2-4-14(15)5-3-12/h2-5,7,9-11,16H,6,8H2,1H3. The van der Waals surface area contributed by atoms with Crippen molar-refractivity contribution in [3.8, 4) is 0 Å². The maximum Gasteiger partial charge on any atom is 0.123 e. The van der Waals surface area contributed by atoms with Crippen molar-refractivity contribution in [1.29, 1.82) is 0 Å².